The van der Waals surface area contributed by atoms with Crippen LogP contribution in [0.5, 0.6) is 0 Å². The second-order valence-electron chi connectivity index (χ2n) is 24.3. The summed E-state index contributed by atoms with van der Waals surface area (Å²) in [6, 6.07) is 85.9. The highest BCUT2D eigenvalue weighted by molar-refractivity contribution is 6.25. The summed E-state index contributed by atoms with van der Waals surface area (Å²) in [5.41, 5.74) is 31.5. The number of hydrogen-bond donors (Lipinski definition) is 0. The molecule has 13 aromatic carbocycles. The van der Waals surface area contributed by atoms with Crippen molar-refractivity contribution in [3.8, 4) is 89.0 Å². The van der Waals surface area contributed by atoms with Crippen LogP contribution in [0.1, 0.15) is 73.1 Å². The number of benzene rings is 13. The van der Waals surface area contributed by atoms with E-state index in [9.17, 15) is 0 Å². The molecule has 13 aromatic rings. The van der Waals surface area contributed by atoms with Gasteiger partial charge in [-0.2, -0.15) is 0 Å². The zero-order valence-electron chi connectivity index (χ0n) is 45.5. The maximum atomic E-state index is 2.48. The van der Waals surface area contributed by atoms with Gasteiger partial charge in [-0.05, 0) is 214 Å². The van der Waals surface area contributed by atoms with E-state index in [0.717, 1.165) is 12.8 Å². The van der Waals surface area contributed by atoms with Gasteiger partial charge in [-0.1, -0.05) is 246 Å². The van der Waals surface area contributed by atoms with Gasteiger partial charge in [-0.25, -0.2) is 0 Å². The molecule has 0 aliphatic heterocycles. The van der Waals surface area contributed by atoms with Crippen molar-refractivity contribution in [2.75, 3.05) is 0 Å². The fraction of sp³-hybridized carbons (Fsp3) is 0.100. The molecule has 4 aliphatic carbocycles. The minimum absolute atomic E-state index is 0.153. The molecule has 17 rings (SSSR count). The summed E-state index contributed by atoms with van der Waals surface area (Å²) in [5.74, 6) is 0. The first-order valence-electron chi connectivity index (χ1n) is 28.6. The van der Waals surface area contributed by atoms with Crippen molar-refractivity contribution in [3.05, 3.63) is 276 Å². The van der Waals surface area contributed by atoms with Crippen molar-refractivity contribution >= 4 is 54.7 Å². The molecule has 0 bridgehead atoms. The predicted octanol–water partition coefficient (Wildman–Crippen LogP) is 21.7. The molecule has 0 unspecified atom stereocenters. The Morgan fingerprint density at radius 3 is 1.20 bits per heavy atom. The first kappa shape index (κ1) is 45.6. The average molecular weight is 1020 g/mol. The Morgan fingerprint density at radius 2 is 0.675 bits per heavy atom. The van der Waals surface area contributed by atoms with Crippen molar-refractivity contribution in [1.82, 2.24) is 0 Å². The zero-order valence-corrected chi connectivity index (χ0v) is 45.5. The van der Waals surface area contributed by atoms with E-state index in [2.05, 4.69) is 270 Å². The molecule has 0 N–H and O–H groups in total. The highest BCUT2D eigenvalue weighted by Crippen LogP contribution is 2.54. The Balaban J connectivity index is 0.618. The van der Waals surface area contributed by atoms with E-state index in [4.69, 9.17) is 0 Å². The van der Waals surface area contributed by atoms with Crippen LogP contribution >= 0.6 is 0 Å². The normalized spacial score (nSPS) is 14.9. The predicted molar refractivity (Wildman–Crippen MR) is 341 cm³/mol. The molecule has 0 saturated heterocycles. The van der Waals surface area contributed by atoms with Crippen molar-refractivity contribution < 1.29 is 0 Å². The summed E-state index contributed by atoms with van der Waals surface area (Å²) in [7, 11) is 0. The molecule has 0 radical (unpaired) electrons. The fourth-order valence-corrected chi connectivity index (χ4v) is 15.0. The van der Waals surface area contributed by atoms with E-state index in [0.29, 0.717) is 0 Å². The maximum absolute atomic E-state index is 2.48. The highest BCUT2D eigenvalue weighted by Gasteiger charge is 2.38. The highest BCUT2D eigenvalue weighted by atomic mass is 14.4. The fourth-order valence-electron chi connectivity index (χ4n) is 15.0. The van der Waals surface area contributed by atoms with Gasteiger partial charge in [0.05, 0.1) is 0 Å². The Bertz CT molecular complexity index is 4860. The molecule has 0 heterocycles. The van der Waals surface area contributed by atoms with E-state index < -0.39 is 0 Å². The molecule has 0 amide bonds. The van der Waals surface area contributed by atoms with Crippen LogP contribution in [0.15, 0.2) is 237 Å². The van der Waals surface area contributed by atoms with Gasteiger partial charge < -0.3 is 0 Å². The molecule has 376 valence electrons. The number of hydrogen-bond acceptors (Lipinski definition) is 0. The Morgan fingerprint density at radius 1 is 0.300 bits per heavy atom. The Hall–Kier alpha value is -9.36. The van der Waals surface area contributed by atoms with Crippen molar-refractivity contribution in [1.29, 1.82) is 0 Å². The monoisotopic (exact) mass is 1020 g/mol. The second-order valence-corrected chi connectivity index (χ2v) is 24.3. The van der Waals surface area contributed by atoms with Crippen LogP contribution in [0, 0.1) is 0 Å². The molecule has 0 spiro atoms. The molecular formula is C80H56. The van der Waals surface area contributed by atoms with Crippen LogP contribution in [0.25, 0.3) is 144 Å². The summed E-state index contributed by atoms with van der Waals surface area (Å²) in [6.45, 7) is 9.63. The smallest absolute Gasteiger partial charge is 0.0159 e. The molecular weight excluding hydrogens is 961 g/mol. The van der Waals surface area contributed by atoms with Crippen LogP contribution in [-0.4, -0.2) is 0 Å². The maximum Gasteiger partial charge on any atom is 0.0159 e. The molecule has 0 fully saturated rings. The molecule has 0 aromatic heterocycles. The first-order valence-corrected chi connectivity index (χ1v) is 28.6. The number of rotatable bonds is 6. The standard InChI is InChI=1S/C80H56/c1-79(2)71-43-59(49-13-11-47(12-14-49)48-15-19-51(20-16-48)63-35-27-57-25-23-53-7-5-9-55-29-41-69(63)77(57)75(53)55)31-37-65(71)67-39-33-61(45-73(67)79)62-34-40-68-66-38-32-60(44-72(66)80(3,4)74(68)46-62)50-17-21-52(22-18-50)64-36-28-58-26-24-54-8-6-10-56-30-42-70(64)78(58)76(54)56/h5-8,10-40,42-46H,9,41H2,1-4H3. The lowest BCUT2D eigenvalue weighted by atomic mass is 9.79. The summed E-state index contributed by atoms with van der Waals surface area (Å²) < 4.78 is 0. The van der Waals surface area contributed by atoms with Gasteiger partial charge in [0.2, 0.25) is 0 Å². The summed E-state index contributed by atoms with van der Waals surface area (Å²) in [4.78, 5) is 0. The Kier molecular flexibility index (Phi) is 9.46. The van der Waals surface area contributed by atoms with Gasteiger partial charge in [-0.15, -0.1) is 0 Å². The van der Waals surface area contributed by atoms with E-state index in [-0.39, 0.29) is 10.8 Å². The lowest BCUT2D eigenvalue weighted by Crippen LogP contribution is -2.15. The van der Waals surface area contributed by atoms with Crippen LogP contribution in [0.3, 0.4) is 0 Å². The van der Waals surface area contributed by atoms with Crippen molar-refractivity contribution in [3.63, 3.8) is 0 Å². The zero-order chi connectivity index (χ0) is 53.2. The third kappa shape index (κ3) is 6.57. The third-order valence-corrected chi connectivity index (χ3v) is 19.3. The summed E-state index contributed by atoms with van der Waals surface area (Å²) in [5, 5.41) is 10.7. The molecule has 80 heavy (non-hydrogen) atoms. The van der Waals surface area contributed by atoms with Crippen LogP contribution in [0.2, 0.25) is 0 Å². The number of fused-ring (bicyclic) bond motifs is 6. The van der Waals surface area contributed by atoms with Gasteiger partial charge in [0.25, 0.3) is 0 Å². The summed E-state index contributed by atoms with van der Waals surface area (Å²) in [6.07, 6.45) is 9.07. The summed E-state index contributed by atoms with van der Waals surface area (Å²) >= 11 is 0. The third-order valence-electron chi connectivity index (χ3n) is 19.3. The van der Waals surface area contributed by atoms with Gasteiger partial charge in [0.15, 0.2) is 0 Å². The second kappa shape index (κ2) is 16.6. The minimum Gasteiger partial charge on any atom is -0.0795 e. The van der Waals surface area contributed by atoms with Gasteiger partial charge >= 0.3 is 0 Å². The van der Waals surface area contributed by atoms with Crippen LogP contribution in [-0.2, 0) is 17.3 Å². The Labute approximate surface area is 468 Å². The minimum atomic E-state index is -0.154. The lowest BCUT2D eigenvalue weighted by Gasteiger charge is -2.25. The molecule has 0 atom stereocenters. The van der Waals surface area contributed by atoms with E-state index in [1.54, 1.807) is 0 Å². The van der Waals surface area contributed by atoms with Crippen LogP contribution in [0.4, 0.5) is 0 Å². The van der Waals surface area contributed by atoms with Crippen LogP contribution < -0.4 is 0 Å². The lowest BCUT2D eigenvalue weighted by molar-refractivity contribution is 0.660. The van der Waals surface area contributed by atoms with Crippen molar-refractivity contribution in [2.45, 2.75) is 51.4 Å². The van der Waals surface area contributed by atoms with Gasteiger partial charge in [-0.3, -0.25) is 0 Å². The van der Waals surface area contributed by atoms with E-state index >= 15 is 0 Å². The molecule has 0 nitrogen and oxygen atoms in total. The van der Waals surface area contributed by atoms with Gasteiger partial charge in [0.1, 0.15) is 0 Å². The largest absolute Gasteiger partial charge is 0.0795 e. The van der Waals surface area contributed by atoms with Crippen molar-refractivity contribution in [2.24, 2.45) is 0 Å². The topological polar surface area (TPSA) is 0 Å². The van der Waals surface area contributed by atoms with E-state index in [1.807, 2.05) is 0 Å². The van der Waals surface area contributed by atoms with E-state index in [1.165, 1.54) is 177 Å². The molecule has 0 saturated carbocycles. The SMILES string of the molecule is CC1(C)c2cc(-c3ccc(-c4ccc(-c5ccc6ccc7c8c6c5CC=C8CC=C7)cc4)cc3)ccc2-c2ccc(-c3ccc4c(c3)C(C)(C)c3cc(-c5ccc(-c6ccc7ccc8cccc9ccc6c7c89)cc5)ccc3-4)cc21. The van der Waals surface area contributed by atoms with Gasteiger partial charge in [0, 0.05) is 10.8 Å². The first-order chi connectivity index (χ1) is 39.1. The quantitative estimate of drug-likeness (QED) is 0.146. The molecule has 0 heteroatoms. The molecule has 4 aliphatic rings. The average Bonchev–Trinajstić information content (AvgIpc) is 4.05. The number of allylic oxidation sites excluding steroid dienone is 3.